The van der Waals surface area contributed by atoms with Crippen molar-refractivity contribution in [1.82, 2.24) is 0 Å². The molecule has 2 heteroatoms. The molecule has 0 aromatic carbocycles. The standard InChI is InChI=1S/C18H30O2/c1-16(19,15-5-3-2-4-6-15)17-8-13-7-14(9-17)11-18(20,10-13)12-17/h13-15,19-20H,2-12H2,1H3. The van der Waals surface area contributed by atoms with Crippen molar-refractivity contribution < 1.29 is 10.2 Å². The summed E-state index contributed by atoms with van der Waals surface area (Å²) in [6, 6.07) is 0. The van der Waals surface area contributed by atoms with E-state index in [1.807, 2.05) is 0 Å². The molecule has 0 spiro atoms. The molecule has 0 aliphatic heterocycles. The van der Waals surface area contributed by atoms with Gasteiger partial charge in [0.05, 0.1) is 11.2 Å². The van der Waals surface area contributed by atoms with E-state index >= 15 is 0 Å². The highest BCUT2D eigenvalue weighted by molar-refractivity contribution is 5.15. The second-order valence-electron chi connectivity index (χ2n) is 8.95. The molecule has 5 saturated carbocycles. The topological polar surface area (TPSA) is 40.5 Å². The molecule has 3 unspecified atom stereocenters. The lowest BCUT2D eigenvalue weighted by Gasteiger charge is -2.65. The Balaban J connectivity index is 1.66. The molecule has 5 aliphatic rings. The lowest BCUT2D eigenvalue weighted by molar-refractivity contribution is -0.241. The van der Waals surface area contributed by atoms with E-state index < -0.39 is 11.2 Å². The Morgan fingerprint density at radius 2 is 1.55 bits per heavy atom. The third-order valence-corrected chi connectivity index (χ3v) is 7.50. The first kappa shape index (κ1) is 13.6. The molecule has 0 amide bonds. The normalized spacial score (nSPS) is 51.1. The average molecular weight is 278 g/mol. The van der Waals surface area contributed by atoms with E-state index in [4.69, 9.17) is 0 Å². The van der Waals surface area contributed by atoms with Crippen LogP contribution in [-0.2, 0) is 0 Å². The number of hydrogen-bond donors (Lipinski definition) is 2. The summed E-state index contributed by atoms with van der Waals surface area (Å²) in [6.45, 7) is 2.12. The van der Waals surface area contributed by atoms with Gasteiger partial charge in [0, 0.05) is 5.41 Å². The van der Waals surface area contributed by atoms with Crippen LogP contribution in [0.25, 0.3) is 0 Å². The van der Waals surface area contributed by atoms with Crippen molar-refractivity contribution in [3.8, 4) is 0 Å². The van der Waals surface area contributed by atoms with Gasteiger partial charge in [0.1, 0.15) is 0 Å². The summed E-state index contributed by atoms with van der Waals surface area (Å²) in [6.07, 6.45) is 12.9. The van der Waals surface area contributed by atoms with Gasteiger partial charge in [-0.25, -0.2) is 0 Å². The van der Waals surface area contributed by atoms with Gasteiger partial charge in [0.25, 0.3) is 0 Å². The van der Waals surface area contributed by atoms with Crippen LogP contribution in [0, 0.1) is 23.2 Å². The van der Waals surface area contributed by atoms with Crippen LogP contribution in [0.1, 0.15) is 77.6 Å². The van der Waals surface area contributed by atoms with Crippen molar-refractivity contribution in [1.29, 1.82) is 0 Å². The molecule has 114 valence electrons. The van der Waals surface area contributed by atoms with Crippen LogP contribution in [0.5, 0.6) is 0 Å². The van der Waals surface area contributed by atoms with E-state index in [1.165, 1.54) is 51.4 Å². The summed E-state index contributed by atoms with van der Waals surface area (Å²) in [5.41, 5.74) is -0.976. The summed E-state index contributed by atoms with van der Waals surface area (Å²) < 4.78 is 0. The van der Waals surface area contributed by atoms with Crippen LogP contribution in [0.2, 0.25) is 0 Å². The molecule has 5 rings (SSSR count). The first-order valence-corrected chi connectivity index (χ1v) is 8.87. The summed E-state index contributed by atoms with van der Waals surface area (Å²) in [5, 5.41) is 22.4. The lowest BCUT2D eigenvalue weighted by atomic mass is 9.42. The summed E-state index contributed by atoms with van der Waals surface area (Å²) >= 11 is 0. The van der Waals surface area contributed by atoms with Crippen molar-refractivity contribution in [2.45, 2.75) is 88.8 Å². The van der Waals surface area contributed by atoms with Crippen molar-refractivity contribution >= 4 is 0 Å². The first-order valence-electron chi connectivity index (χ1n) is 8.87. The summed E-state index contributed by atoms with van der Waals surface area (Å²) in [5.74, 6) is 1.82. The Morgan fingerprint density at radius 1 is 0.950 bits per heavy atom. The Labute approximate surface area is 123 Å². The minimum atomic E-state index is -0.556. The maximum absolute atomic E-state index is 11.5. The summed E-state index contributed by atoms with van der Waals surface area (Å²) in [4.78, 5) is 0. The van der Waals surface area contributed by atoms with E-state index in [1.54, 1.807) is 0 Å². The van der Waals surface area contributed by atoms with Gasteiger partial charge in [-0.3, -0.25) is 0 Å². The molecular formula is C18H30O2. The van der Waals surface area contributed by atoms with E-state index in [2.05, 4.69) is 6.92 Å². The van der Waals surface area contributed by atoms with Crippen LogP contribution in [0.15, 0.2) is 0 Å². The Kier molecular flexibility index (Phi) is 2.87. The van der Waals surface area contributed by atoms with Gasteiger partial charge in [0.15, 0.2) is 0 Å². The molecule has 2 N–H and O–H groups in total. The maximum atomic E-state index is 11.5. The number of aliphatic hydroxyl groups is 2. The highest BCUT2D eigenvalue weighted by Crippen LogP contribution is 2.66. The fourth-order valence-corrected chi connectivity index (χ4v) is 6.90. The zero-order chi connectivity index (χ0) is 14.0. The van der Waals surface area contributed by atoms with Crippen molar-refractivity contribution in [3.05, 3.63) is 0 Å². The van der Waals surface area contributed by atoms with Crippen molar-refractivity contribution in [3.63, 3.8) is 0 Å². The molecule has 0 heterocycles. The predicted molar refractivity (Wildman–Crippen MR) is 79.3 cm³/mol. The first-order chi connectivity index (χ1) is 9.43. The highest BCUT2D eigenvalue weighted by atomic mass is 16.3. The summed E-state index contributed by atoms with van der Waals surface area (Å²) in [7, 11) is 0. The zero-order valence-electron chi connectivity index (χ0n) is 12.9. The van der Waals surface area contributed by atoms with Gasteiger partial charge in [-0.1, -0.05) is 19.3 Å². The molecule has 20 heavy (non-hydrogen) atoms. The smallest absolute Gasteiger partial charge is 0.0704 e. The predicted octanol–water partition coefficient (Wildman–Crippen LogP) is 3.65. The van der Waals surface area contributed by atoms with Crippen LogP contribution in [0.4, 0.5) is 0 Å². The van der Waals surface area contributed by atoms with Crippen LogP contribution in [0.3, 0.4) is 0 Å². The van der Waals surface area contributed by atoms with E-state index in [0.717, 1.165) is 19.3 Å². The minimum Gasteiger partial charge on any atom is -0.390 e. The van der Waals surface area contributed by atoms with Gasteiger partial charge in [-0.2, -0.15) is 0 Å². The fourth-order valence-electron chi connectivity index (χ4n) is 6.90. The molecule has 5 fully saturated rings. The van der Waals surface area contributed by atoms with Crippen LogP contribution < -0.4 is 0 Å². The molecule has 4 bridgehead atoms. The zero-order valence-corrected chi connectivity index (χ0v) is 12.9. The van der Waals surface area contributed by atoms with Crippen LogP contribution in [-0.4, -0.2) is 21.4 Å². The van der Waals surface area contributed by atoms with Gasteiger partial charge in [-0.05, 0) is 76.0 Å². The SMILES string of the molecule is CC(O)(C1CCCCC1)C12CC3CC(CC(O)(C3)C1)C2. The van der Waals surface area contributed by atoms with E-state index in [-0.39, 0.29) is 5.41 Å². The van der Waals surface area contributed by atoms with E-state index in [0.29, 0.717) is 17.8 Å². The molecule has 2 nitrogen and oxygen atoms in total. The molecule has 3 atom stereocenters. The molecule has 0 aromatic rings. The molecule has 5 aliphatic carbocycles. The molecule has 0 saturated heterocycles. The minimum absolute atomic E-state index is 0.0217. The van der Waals surface area contributed by atoms with Crippen molar-refractivity contribution in [2.75, 3.05) is 0 Å². The second-order valence-corrected chi connectivity index (χ2v) is 8.95. The second kappa shape index (κ2) is 4.23. The largest absolute Gasteiger partial charge is 0.390 e. The number of hydrogen-bond acceptors (Lipinski definition) is 2. The van der Waals surface area contributed by atoms with E-state index in [9.17, 15) is 10.2 Å². The Bertz CT molecular complexity index is 380. The van der Waals surface area contributed by atoms with Gasteiger partial charge >= 0.3 is 0 Å². The van der Waals surface area contributed by atoms with Gasteiger partial charge in [-0.15, -0.1) is 0 Å². The Morgan fingerprint density at radius 3 is 2.10 bits per heavy atom. The highest BCUT2D eigenvalue weighted by Gasteiger charge is 2.64. The quantitative estimate of drug-likeness (QED) is 0.809. The molecule has 0 radical (unpaired) electrons. The Hall–Kier alpha value is -0.0800. The molecule has 0 aromatic heterocycles. The van der Waals surface area contributed by atoms with Crippen LogP contribution >= 0.6 is 0 Å². The maximum Gasteiger partial charge on any atom is 0.0704 e. The fraction of sp³-hybridized carbons (Fsp3) is 1.00. The van der Waals surface area contributed by atoms with Crippen molar-refractivity contribution in [2.24, 2.45) is 23.2 Å². The monoisotopic (exact) mass is 278 g/mol. The van der Waals surface area contributed by atoms with Gasteiger partial charge in [0.2, 0.25) is 0 Å². The average Bonchev–Trinajstić information content (AvgIpc) is 2.36. The van der Waals surface area contributed by atoms with Gasteiger partial charge < -0.3 is 10.2 Å². The third-order valence-electron chi connectivity index (χ3n) is 7.50. The molecular weight excluding hydrogens is 248 g/mol. The third kappa shape index (κ3) is 1.83. The lowest BCUT2D eigenvalue weighted by Crippen LogP contribution is -2.64. The number of rotatable bonds is 2.